The molecule has 4 nitrogen and oxygen atoms in total. The van der Waals surface area contributed by atoms with Gasteiger partial charge >= 0.3 is 0 Å². The molecule has 0 spiro atoms. The van der Waals surface area contributed by atoms with Crippen LogP contribution in [-0.4, -0.2) is 33.7 Å². The molecule has 2 heterocycles. The van der Waals surface area contributed by atoms with Crippen LogP contribution in [0.3, 0.4) is 0 Å². The summed E-state index contributed by atoms with van der Waals surface area (Å²) in [7, 11) is 0. The molecule has 4 rings (SSSR count). The van der Waals surface area contributed by atoms with Gasteiger partial charge in [-0.2, -0.15) is 5.10 Å². The zero-order chi connectivity index (χ0) is 18.1. The molecule has 1 aromatic heterocycles. The zero-order valence-corrected chi connectivity index (χ0v) is 15.9. The molecule has 2 aromatic carbocycles. The van der Waals surface area contributed by atoms with Gasteiger partial charge in [-0.15, -0.1) is 0 Å². The highest BCUT2D eigenvalue weighted by Crippen LogP contribution is 2.31. The third-order valence-corrected chi connectivity index (χ3v) is 5.72. The molecule has 3 unspecified atom stereocenters. The third-order valence-electron chi connectivity index (χ3n) is 5.72. The van der Waals surface area contributed by atoms with Crippen molar-refractivity contribution in [3.63, 3.8) is 0 Å². The lowest BCUT2D eigenvalue weighted by Gasteiger charge is -2.29. The number of anilines is 1. The van der Waals surface area contributed by atoms with Crippen LogP contribution in [0.25, 0.3) is 10.9 Å². The number of H-pyrrole nitrogens is 1. The van der Waals surface area contributed by atoms with Crippen molar-refractivity contribution in [2.75, 3.05) is 11.9 Å². The van der Waals surface area contributed by atoms with Crippen LogP contribution in [0.4, 0.5) is 5.69 Å². The van der Waals surface area contributed by atoms with E-state index in [1.807, 2.05) is 6.20 Å². The van der Waals surface area contributed by atoms with Crippen LogP contribution in [0.15, 0.2) is 48.7 Å². The Balaban J connectivity index is 1.50. The quantitative estimate of drug-likeness (QED) is 0.709. The lowest BCUT2D eigenvalue weighted by atomic mass is 9.98. The summed E-state index contributed by atoms with van der Waals surface area (Å²) < 4.78 is 0. The maximum atomic E-state index is 4.12. The van der Waals surface area contributed by atoms with E-state index in [4.69, 9.17) is 0 Å². The van der Waals surface area contributed by atoms with Crippen molar-refractivity contribution in [1.82, 2.24) is 15.1 Å². The van der Waals surface area contributed by atoms with Crippen molar-refractivity contribution in [3.8, 4) is 0 Å². The van der Waals surface area contributed by atoms with Gasteiger partial charge in [-0.1, -0.05) is 43.7 Å². The van der Waals surface area contributed by atoms with Gasteiger partial charge in [-0.3, -0.25) is 10.00 Å². The Morgan fingerprint density at radius 2 is 2.00 bits per heavy atom. The van der Waals surface area contributed by atoms with Crippen LogP contribution >= 0.6 is 0 Å². The largest absolute Gasteiger partial charge is 0.380 e. The maximum Gasteiger partial charge on any atom is 0.0651 e. The fraction of sp³-hybridized carbons (Fsp3) is 0.409. The van der Waals surface area contributed by atoms with Crippen LogP contribution in [0, 0.1) is 12.8 Å². The van der Waals surface area contributed by atoms with Gasteiger partial charge in [0, 0.05) is 36.2 Å². The first kappa shape index (κ1) is 17.1. The first-order chi connectivity index (χ1) is 12.6. The molecule has 1 aliphatic rings. The Kier molecular flexibility index (Phi) is 4.68. The number of aromatic amines is 1. The second-order valence-electron chi connectivity index (χ2n) is 7.71. The molecule has 2 N–H and O–H groups in total. The summed E-state index contributed by atoms with van der Waals surface area (Å²) in [6.45, 7) is 8.98. The molecule has 4 heteroatoms. The number of aromatic nitrogens is 2. The molecule has 0 bridgehead atoms. The second kappa shape index (κ2) is 7.12. The zero-order valence-electron chi connectivity index (χ0n) is 15.9. The van der Waals surface area contributed by atoms with E-state index in [9.17, 15) is 0 Å². The molecular formula is C22H28N4. The van der Waals surface area contributed by atoms with Gasteiger partial charge in [0.25, 0.3) is 0 Å². The van der Waals surface area contributed by atoms with Crippen molar-refractivity contribution in [2.45, 2.75) is 45.8 Å². The van der Waals surface area contributed by atoms with Gasteiger partial charge in [0.05, 0.1) is 11.7 Å². The molecule has 26 heavy (non-hydrogen) atoms. The van der Waals surface area contributed by atoms with Crippen LogP contribution in [0.1, 0.15) is 31.4 Å². The number of likely N-dealkylation sites (tertiary alicyclic amines) is 1. The number of nitrogens with one attached hydrogen (secondary N) is 2. The number of fused-ring (bicyclic) bond motifs is 1. The second-order valence-corrected chi connectivity index (χ2v) is 7.71. The van der Waals surface area contributed by atoms with E-state index < -0.39 is 0 Å². The number of hydrogen-bond donors (Lipinski definition) is 2. The van der Waals surface area contributed by atoms with Crippen LogP contribution in [-0.2, 0) is 6.54 Å². The molecule has 0 aliphatic carbocycles. The molecular weight excluding hydrogens is 320 g/mol. The molecule has 3 atom stereocenters. The van der Waals surface area contributed by atoms with Gasteiger partial charge in [0.2, 0.25) is 0 Å². The maximum absolute atomic E-state index is 4.12. The SMILES string of the molecule is CCC1C(Nc2ccc3[nH]ncc3c2)C(C)CN1Cc1ccc(C)cc1. The summed E-state index contributed by atoms with van der Waals surface area (Å²) in [4.78, 5) is 2.64. The molecule has 3 aromatic rings. The summed E-state index contributed by atoms with van der Waals surface area (Å²) in [6, 6.07) is 16.4. The number of benzene rings is 2. The summed E-state index contributed by atoms with van der Waals surface area (Å²) in [5, 5.41) is 12.1. The Morgan fingerprint density at radius 1 is 1.19 bits per heavy atom. The molecule has 0 radical (unpaired) electrons. The molecule has 1 saturated heterocycles. The van der Waals surface area contributed by atoms with Crippen molar-refractivity contribution < 1.29 is 0 Å². The first-order valence-electron chi connectivity index (χ1n) is 9.63. The van der Waals surface area contributed by atoms with Crippen molar-refractivity contribution in [3.05, 3.63) is 59.8 Å². The average molecular weight is 348 g/mol. The van der Waals surface area contributed by atoms with Gasteiger partial charge in [-0.05, 0) is 43.0 Å². The topological polar surface area (TPSA) is 44.0 Å². The lowest BCUT2D eigenvalue weighted by Crippen LogP contribution is -2.38. The molecule has 0 saturated carbocycles. The van der Waals surface area contributed by atoms with Gasteiger partial charge in [-0.25, -0.2) is 0 Å². The van der Waals surface area contributed by atoms with Gasteiger partial charge in [0.15, 0.2) is 0 Å². The summed E-state index contributed by atoms with van der Waals surface area (Å²) in [5.41, 5.74) is 5.00. The van der Waals surface area contributed by atoms with E-state index in [0.717, 1.165) is 30.4 Å². The average Bonchev–Trinajstić information content (AvgIpc) is 3.21. The third kappa shape index (κ3) is 3.34. The number of hydrogen-bond acceptors (Lipinski definition) is 3. The number of nitrogens with zero attached hydrogens (tertiary/aromatic N) is 2. The Labute approximate surface area is 155 Å². The van der Waals surface area contributed by atoms with E-state index >= 15 is 0 Å². The van der Waals surface area contributed by atoms with Crippen LogP contribution < -0.4 is 5.32 Å². The molecule has 0 amide bonds. The minimum atomic E-state index is 0.467. The highest BCUT2D eigenvalue weighted by Gasteiger charge is 2.38. The minimum absolute atomic E-state index is 0.467. The molecule has 1 aliphatic heterocycles. The number of rotatable bonds is 5. The van der Waals surface area contributed by atoms with Gasteiger partial charge < -0.3 is 5.32 Å². The van der Waals surface area contributed by atoms with Crippen molar-refractivity contribution in [2.24, 2.45) is 5.92 Å². The normalized spacial score (nSPS) is 23.6. The smallest absolute Gasteiger partial charge is 0.0651 e. The van der Waals surface area contributed by atoms with E-state index in [1.54, 1.807) is 0 Å². The highest BCUT2D eigenvalue weighted by atomic mass is 15.2. The van der Waals surface area contributed by atoms with Gasteiger partial charge in [0.1, 0.15) is 0 Å². The standard InChI is InChI=1S/C22H28N4/c1-4-21-22(24-19-9-10-20-18(11-19)12-23-25-20)16(3)13-26(21)14-17-7-5-15(2)6-8-17/h5-12,16,21-22,24H,4,13-14H2,1-3H3,(H,23,25). The van der Waals surface area contributed by atoms with Crippen molar-refractivity contribution >= 4 is 16.6 Å². The first-order valence-corrected chi connectivity index (χ1v) is 9.63. The van der Waals surface area contributed by atoms with E-state index in [0.29, 0.717) is 18.0 Å². The Morgan fingerprint density at radius 3 is 2.77 bits per heavy atom. The van der Waals surface area contributed by atoms with Crippen LogP contribution in [0.5, 0.6) is 0 Å². The Hall–Kier alpha value is -2.33. The van der Waals surface area contributed by atoms with E-state index in [2.05, 4.69) is 83.6 Å². The number of aryl methyl sites for hydroxylation is 1. The minimum Gasteiger partial charge on any atom is -0.380 e. The fourth-order valence-corrected chi connectivity index (χ4v) is 4.31. The molecule has 136 valence electrons. The van der Waals surface area contributed by atoms with E-state index in [-0.39, 0.29) is 0 Å². The van der Waals surface area contributed by atoms with E-state index in [1.165, 1.54) is 16.8 Å². The van der Waals surface area contributed by atoms with Crippen molar-refractivity contribution in [1.29, 1.82) is 0 Å². The summed E-state index contributed by atoms with van der Waals surface area (Å²) in [6.07, 6.45) is 3.04. The van der Waals surface area contributed by atoms with Crippen LogP contribution in [0.2, 0.25) is 0 Å². The lowest BCUT2D eigenvalue weighted by molar-refractivity contribution is 0.233. The summed E-state index contributed by atoms with van der Waals surface area (Å²) in [5.74, 6) is 0.616. The predicted octanol–water partition coefficient (Wildman–Crippen LogP) is 4.58. The summed E-state index contributed by atoms with van der Waals surface area (Å²) >= 11 is 0. The predicted molar refractivity (Wildman–Crippen MR) is 108 cm³/mol. The monoisotopic (exact) mass is 348 g/mol. The fourth-order valence-electron chi connectivity index (χ4n) is 4.31. The molecule has 1 fully saturated rings. The Bertz CT molecular complexity index is 867. The highest BCUT2D eigenvalue weighted by molar-refractivity contribution is 5.81.